The molecule has 0 saturated carbocycles. The molecule has 0 spiro atoms. The van der Waals surface area contributed by atoms with Gasteiger partial charge in [-0.05, 0) is 69.0 Å². The Bertz CT molecular complexity index is 1020. The van der Waals surface area contributed by atoms with Crippen molar-refractivity contribution in [3.05, 3.63) is 52.3 Å². The Kier molecular flexibility index (Phi) is 8.83. The van der Waals surface area contributed by atoms with Crippen molar-refractivity contribution >= 4 is 29.5 Å². The second kappa shape index (κ2) is 11.6. The number of aryl methyl sites for hydroxylation is 1. The molecule has 7 nitrogen and oxygen atoms in total. The van der Waals surface area contributed by atoms with Crippen LogP contribution in [0, 0.1) is 25.7 Å². The van der Waals surface area contributed by atoms with Crippen molar-refractivity contribution < 1.29 is 19.1 Å². The highest BCUT2D eigenvalue weighted by Gasteiger charge is 2.32. The number of likely N-dealkylation sites (tertiary alicyclic amines) is 1. The van der Waals surface area contributed by atoms with Crippen molar-refractivity contribution in [2.75, 3.05) is 26.0 Å². The summed E-state index contributed by atoms with van der Waals surface area (Å²) in [5.41, 5.74) is 3.23. The van der Waals surface area contributed by atoms with Crippen LogP contribution in [0.4, 0.5) is 0 Å². The maximum Gasteiger partial charge on any atom is 0.340 e. The number of amides is 2. The molecule has 0 radical (unpaired) electrons. The number of nitrogens with one attached hydrogen (secondary N) is 2. The number of hydrogen-bond donors (Lipinski definition) is 2. The van der Waals surface area contributed by atoms with E-state index in [1.54, 1.807) is 32.5 Å². The van der Waals surface area contributed by atoms with Crippen LogP contribution in [0.15, 0.2) is 29.2 Å². The fourth-order valence-electron chi connectivity index (χ4n) is 4.54. The van der Waals surface area contributed by atoms with Gasteiger partial charge in [0.25, 0.3) is 5.91 Å². The van der Waals surface area contributed by atoms with E-state index in [0.717, 1.165) is 18.4 Å². The highest BCUT2D eigenvalue weighted by molar-refractivity contribution is 7.98. The van der Waals surface area contributed by atoms with Gasteiger partial charge in [-0.15, -0.1) is 11.8 Å². The second-order valence-corrected chi connectivity index (χ2v) is 9.71. The lowest BCUT2D eigenvalue weighted by molar-refractivity contribution is -0.126. The molecule has 2 amide bonds. The average molecular weight is 486 g/mol. The fourth-order valence-corrected chi connectivity index (χ4v) is 4.95. The van der Waals surface area contributed by atoms with Crippen molar-refractivity contribution in [2.45, 2.75) is 52.0 Å². The molecule has 1 saturated heterocycles. The van der Waals surface area contributed by atoms with Gasteiger partial charge in [-0.3, -0.25) is 9.59 Å². The first kappa shape index (κ1) is 25.9. The first-order valence-corrected chi connectivity index (χ1v) is 13.0. The monoisotopic (exact) mass is 485 g/mol. The van der Waals surface area contributed by atoms with E-state index >= 15 is 0 Å². The van der Waals surface area contributed by atoms with E-state index in [4.69, 9.17) is 4.74 Å². The van der Waals surface area contributed by atoms with E-state index < -0.39 is 5.97 Å². The molecule has 2 aromatic rings. The summed E-state index contributed by atoms with van der Waals surface area (Å²) in [6.07, 6.45) is 3.58. The summed E-state index contributed by atoms with van der Waals surface area (Å²) in [5.74, 6) is -0.363. The van der Waals surface area contributed by atoms with Crippen LogP contribution in [-0.2, 0) is 16.1 Å². The molecular formula is C26H35N3O4S. The lowest BCUT2D eigenvalue weighted by atomic mass is 9.84. The van der Waals surface area contributed by atoms with Gasteiger partial charge in [0.15, 0.2) is 0 Å². The third-order valence-electron chi connectivity index (χ3n) is 6.70. The van der Waals surface area contributed by atoms with Crippen molar-refractivity contribution in [2.24, 2.45) is 11.8 Å². The molecule has 34 heavy (non-hydrogen) atoms. The summed E-state index contributed by atoms with van der Waals surface area (Å²) in [7, 11) is 0. The summed E-state index contributed by atoms with van der Waals surface area (Å²) in [5, 5.41) is 3.06. The van der Waals surface area contributed by atoms with Gasteiger partial charge in [0, 0.05) is 36.1 Å². The van der Waals surface area contributed by atoms with E-state index in [2.05, 4.69) is 22.4 Å². The topological polar surface area (TPSA) is 91.5 Å². The Balaban J connectivity index is 1.54. The molecular weight excluding hydrogens is 450 g/mol. The highest BCUT2D eigenvalue weighted by atomic mass is 32.2. The molecule has 1 aliphatic rings. The molecule has 1 atom stereocenters. The summed E-state index contributed by atoms with van der Waals surface area (Å²) in [6.45, 7) is 9.26. The predicted molar refractivity (Wildman–Crippen MR) is 134 cm³/mol. The number of carbonyl (C=O) groups excluding carboxylic acids is 3. The molecule has 0 bridgehead atoms. The molecule has 3 rings (SSSR count). The van der Waals surface area contributed by atoms with Crippen LogP contribution in [0.2, 0.25) is 0 Å². The Hall–Kier alpha value is -2.74. The number of rotatable bonds is 8. The fraction of sp³-hybridized carbons (Fsp3) is 0.500. The molecule has 1 fully saturated rings. The molecule has 1 unspecified atom stereocenters. The van der Waals surface area contributed by atoms with Gasteiger partial charge in [-0.2, -0.15) is 0 Å². The second-order valence-electron chi connectivity index (χ2n) is 8.83. The van der Waals surface area contributed by atoms with Crippen LogP contribution in [0.3, 0.4) is 0 Å². The maximum atomic E-state index is 13.1. The number of aromatic amines is 1. The highest BCUT2D eigenvalue weighted by Crippen LogP contribution is 2.28. The van der Waals surface area contributed by atoms with Gasteiger partial charge in [0.05, 0.1) is 12.2 Å². The molecule has 1 aromatic heterocycles. The smallest absolute Gasteiger partial charge is 0.340 e. The summed E-state index contributed by atoms with van der Waals surface area (Å²) >= 11 is 1.69. The largest absolute Gasteiger partial charge is 0.462 e. The SMILES string of the molecule is CCOC(=O)c1c(C)[nH]c(C(=O)N2CCC(C(C)C(=O)NCc3ccc(SC)cc3)CC2)c1C. The van der Waals surface area contributed by atoms with Crippen molar-refractivity contribution in [1.82, 2.24) is 15.2 Å². The molecule has 184 valence electrons. The minimum Gasteiger partial charge on any atom is -0.462 e. The standard InChI is InChI=1S/C26H35N3O4S/c1-6-33-26(32)22-17(3)23(28-18(22)4)25(31)29-13-11-20(12-14-29)16(2)24(30)27-15-19-7-9-21(34-5)10-8-19/h7-10,16,20,28H,6,11-15H2,1-5H3,(H,27,30). The molecule has 0 aliphatic carbocycles. The molecule has 2 heterocycles. The Labute approximate surface area is 206 Å². The van der Waals surface area contributed by atoms with Gasteiger partial charge in [-0.25, -0.2) is 4.79 Å². The summed E-state index contributed by atoms with van der Waals surface area (Å²) < 4.78 is 5.13. The normalized spacial score (nSPS) is 15.1. The zero-order chi connectivity index (χ0) is 24.8. The van der Waals surface area contributed by atoms with Crippen LogP contribution in [0.25, 0.3) is 0 Å². The van der Waals surface area contributed by atoms with Gasteiger partial charge >= 0.3 is 5.97 Å². The number of ether oxygens (including phenoxy) is 1. The quantitative estimate of drug-likeness (QED) is 0.429. The Morgan fingerprint density at radius 1 is 1.18 bits per heavy atom. The first-order chi connectivity index (χ1) is 16.3. The number of hydrogen-bond acceptors (Lipinski definition) is 5. The maximum absolute atomic E-state index is 13.1. The average Bonchev–Trinajstić information content (AvgIpc) is 3.15. The van der Waals surface area contributed by atoms with E-state index in [9.17, 15) is 14.4 Å². The molecule has 1 aliphatic heterocycles. The number of H-pyrrole nitrogens is 1. The summed E-state index contributed by atoms with van der Waals surface area (Å²) in [6, 6.07) is 8.20. The van der Waals surface area contributed by atoms with Crippen LogP contribution in [0.1, 0.15) is 64.4 Å². The lowest BCUT2D eigenvalue weighted by Gasteiger charge is -2.34. The van der Waals surface area contributed by atoms with Gasteiger partial charge in [-0.1, -0.05) is 19.1 Å². The third kappa shape index (κ3) is 5.84. The van der Waals surface area contributed by atoms with Crippen molar-refractivity contribution in [1.29, 1.82) is 0 Å². The van der Waals surface area contributed by atoms with Crippen LogP contribution >= 0.6 is 11.8 Å². The number of nitrogens with zero attached hydrogens (tertiary/aromatic N) is 1. The molecule has 1 aromatic carbocycles. The van der Waals surface area contributed by atoms with Gasteiger partial charge in [0.1, 0.15) is 5.69 Å². The van der Waals surface area contributed by atoms with Gasteiger partial charge in [0.2, 0.25) is 5.91 Å². The zero-order valence-electron chi connectivity index (χ0n) is 20.7. The van der Waals surface area contributed by atoms with E-state index in [1.165, 1.54) is 4.90 Å². The summed E-state index contributed by atoms with van der Waals surface area (Å²) in [4.78, 5) is 44.2. The minimum absolute atomic E-state index is 0.0497. The third-order valence-corrected chi connectivity index (χ3v) is 7.45. The van der Waals surface area contributed by atoms with Gasteiger partial charge < -0.3 is 19.9 Å². The molecule has 2 N–H and O–H groups in total. The number of piperidine rings is 1. The number of thioether (sulfide) groups is 1. The number of esters is 1. The number of benzene rings is 1. The first-order valence-electron chi connectivity index (χ1n) is 11.8. The van der Waals surface area contributed by atoms with E-state index in [-0.39, 0.29) is 30.3 Å². The zero-order valence-corrected chi connectivity index (χ0v) is 21.5. The van der Waals surface area contributed by atoms with E-state index in [1.807, 2.05) is 30.2 Å². The molecule has 8 heteroatoms. The lowest BCUT2D eigenvalue weighted by Crippen LogP contribution is -2.42. The number of carbonyl (C=O) groups is 3. The Morgan fingerprint density at radius 3 is 2.41 bits per heavy atom. The van der Waals surface area contributed by atoms with Crippen molar-refractivity contribution in [3.8, 4) is 0 Å². The number of aromatic nitrogens is 1. The minimum atomic E-state index is -0.411. The van der Waals surface area contributed by atoms with Crippen molar-refractivity contribution in [3.63, 3.8) is 0 Å². The predicted octanol–water partition coefficient (Wildman–Crippen LogP) is 4.33. The van der Waals surface area contributed by atoms with Crippen LogP contribution in [-0.4, -0.2) is 53.6 Å². The van der Waals surface area contributed by atoms with E-state index in [0.29, 0.717) is 42.1 Å². The van der Waals surface area contributed by atoms with Crippen LogP contribution < -0.4 is 5.32 Å². The Morgan fingerprint density at radius 2 is 1.82 bits per heavy atom. The van der Waals surface area contributed by atoms with Crippen LogP contribution in [0.5, 0.6) is 0 Å².